The van der Waals surface area contributed by atoms with Gasteiger partial charge in [0, 0.05) is 48.5 Å². The van der Waals surface area contributed by atoms with Crippen LogP contribution >= 0.6 is 0 Å². The first-order valence-electron chi connectivity index (χ1n) is 15.6. The molecular formula is C34H31F6N7O7. The van der Waals surface area contributed by atoms with Crippen LogP contribution in [0.25, 0.3) is 27.8 Å². The summed E-state index contributed by atoms with van der Waals surface area (Å²) in [6.45, 7) is 0.537. The summed E-state index contributed by atoms with van der Waals surface area (Å²) in [5.41, 5.74) is 16.2. The number of carboxylic acid groups (broad SMARTS) is 2. The second-order valence-electron chi connectivity index (χ2n) is 11.7. The number of amides is 1. The first-order valence-corrected chi connectivity index (χ1v) is 15.6. The number of carbonyl (C=O) groups is 3. The molecule has 0 atom stereocenters. The first-order chi connectivity index (χ1) is 25.3. The minimum absolute atomic E-state index is 0.0272. The van der Waals surface area contributed by atoms with E-state index >= 15 is 0 Å². The molecule has 0 bridgehead atoms. The summed E-state index contributed by atoms with van der Waals surface area (Å²) in [5, 5.41) is 27.3. The van der Waals surface area contributed by atoms with Crippen LogP contribution in [0.4, 0.5) is 37.8 Å². The van der Waals surface area contributed by atoms with Gasteiger partial charge in [-0.2, -0.15) is 26.3 Å². The lowest BCUT2D eigenvalue weighted by Crippen LogP contribution is -2.28. The lowest BCUT2D eigenvalue weighted by Gasteiger charge is -2.35. The Morgan fingerprint density at radius 1 is 0.907 bits per heavy atom. The molecule has 6 rings (SSSR count). The number of aliphatic hydroxyl groups is 1. The normalized spacial score (nSPS) is 15.2. The topological polar surface area (TPSA) is 229 Å². The zero-order valence-corrected chi connectivity index (χ0v) is 27.7. The third-order valence-corrected chi connectivity index (χ3v) is 8.06. The maximum Gasteiger partial charge on any atom is 0.490 e. The number of aliphatic carboxylic acids is 2. The van der Waals surface area contributed by atoms with E-state index in [-0.39, 0.29) is 18.2 Å². The number of pyridine rings is 1. The van der Waals surface area contributed by atoms with E-state index in [1.807, 2.05) is 36.5 Å². The third-order valence-electron chi connectivity index (χ3n) is 8.06. The van der Waals surface area contributed by atoms with E-state index in [1.54, 1.807) is 30.5 Å². The predicted molar refractivity (Wildman–Crippen MR) is 181 cm³/mol. The molecule has 1 fully saturated rings. The van der Waals surface area contributed by atoms with Gasteiger partial charge in [0.2, 0.25) is 0 Å². The lowest BCUT2D eigenvalue weighted by atomic mass is 9.81. The summed E-state index contributed by atoms with van der Waals surface area (Å²) in [4.78, 5) is 52.7. The van der Waals surface area contributed by atoms with Gasteiger partial charge in [-0.15, -0.1) is 0 Å². The lowest BCUT2D eigenvalue weighted by molar-refractivity contribution is -0.193. The van der Waals surface area contributed by atoms with Gasteiger partial charge in [0.15, 0.2) is 0 Å². The highest BCUT2D eigenvalue weighted by Gasteiger charge is 2.39. The van der Waals surface area contributed by atoms with Crippen molar-refractivity contribution in [2.24, 2.45) is 11.7 Å². The molecule has 1 amide bonds. The molecule has 8 N–H and O–H groups in total. The molecule has 20 heteroatoms. The number of nitrogens with two attached hydrogens (primary N) is 2. The van der Waals surface area contributed by atoms with Crippen molar-refractivity contribution in [3.05, 3.63) is 101 Å². The van der Waals surface area contributed by atoms with E-state index in [4.69, 9.17) is 31.3 Å². The Bertz CT molecular complexity index is 2170. The Balaban J connectivity index is 0.000000396. The van der Waals surface area contributed by atoms with Crippen LogP contribution in [0, 0.1) is 5.92 Å². The number of hydrogen-bond acceptors (Lipinski definition) is 9. The number of carbonyl (C=O) groups excluding carboxylic acids is 1. The van der Waals surface area contributed by atoms with Crippen molar-refractivity contribution in [3.8, 4) is 16.8 Å². The first kappa shape index (κ1) is 40.5. The number of aromatic nitrogens is 4. The minimum atomic E-state index is -5.08. The molecule has 5 aromatic rings. The van der Waals surface area contributed by atoms with Crippen molar-refractivity contribution in [2.75, 3.05) is 17.7 Å². The van der Waals surface area contributed by atoms with Crippen molar-refractivity contribution in [2.45, 2.75) is 37.8 Å². The summed E-state index contributed by atoms with van der Waals surface area (Å²) < 4.78 is 67.0. The molecule has 1 aliphatic rings. The number of hydrogen-bond donors (Lipinski definition) is 6. The monoisotopic (exact) mass is 763 g/mol. The van der Waals surface area contributed by atoms with E-state index < -0.39 is 35.8 Å². The molecule has 1 saturated carbocycles. The number of fused-ring (bicyclic) bond motifs is 1. The number of rotatable bonds is 7. The third kappa shape index (κ3) is 9.58. The van der Waals surface area contributed by atoms with Crippen molar-refractivity contribution in [1.29, 1.82) is 0 Å². The molecule has 2 aromatic carbocycles. The Morgan fingerprint density at radius 2 is 1.52 bits per heavy atom. The summed E-state index contributed by atoms with van der Waals surface area (Å²) in [5.74, 6) is -5.32. The second kappa shape index (κ2) is 16.6. The molecule has 54 heavy (non-hydrogen) atoms. The molecular weight excluding hydrogens is 732 g/mol. The largest absolute Gasteiger partial charge is 0.490 e. The van der Waals surface area contributed by atoms with Crippen LogP contribution in [0.3, 0.4) is 0 Å². The van der Waals surface area contributed by atoms with Crippen LogP contribution in [0.15, 0.2) is 84.2 Å². The van der Waals surface area contributed by atoms with Gasteiger partial charge in [-0.25, -0.2) is 19.6 Å². The number of nitrogen functional groups attached to an aromatic ring is 1. The minimum Gasteiger partial charge on any atom is -0.475 e. The van der Waals surface area contributed by atoms with Crippen LogP contribution in [-0.4, -0.2) is 71.2 Å². The van der Waals surface area contributed by atoms with Gasteiger partial charge in [0.1, 0.15) is 23.4 Å². The summed E-state index contributed by atoms with van der Waals surface area (Å²) in [6, 6.07) is 18.1. The van der Waals surface area contributed by atoms with Gasteiger partial charge < -0.3 is 36.7 Å². The Hall–Kier alpha value is -6.28. The molecule has 0 spiro atoms. The molecule has 286 valence electrons. The summed E-state index contributed by atoms with van der Waals surface area (Å²) in [7, 11) is 0. The van der Waals surface area contributed by atoms with Gasteiger partial charge in [-0.3, -0.25) is 14.2 Å². The fourth-order valence-corrected chi connectivity index (χ4v) is 5.32. The fourth-order valence-electron chi connectivity index (χ4n) is 5.32. The number of aliphatic hydroxyl groups excluding tert-OH is 1. The number of alkyl halides is 6. The number of nitrogens with one attached hydrogen (secondary N) is 1. The zero-order valence-electron chi connectivity index (χ0n) is 27.7. The van der Waals surface area contributed by atoms with Crippen molar-refractivity contribution in [3.63, 3.8) is 0 Å². The number of benzene rings is 2. The van der Waals surface area contributed by atoms with Crippen molar-refractivity contribution < 1.29 is 56.0 Å². The summed E-state index contributed by atoms with van der Waals surface area (Å²) in [6.07, 6.45) is -3.27. The highest BCUT2D eigenvalue weighted by atomic mass is 19.4. The second-order valence-corrected chi connectivity index (χ2v) is 11.7. The van der Waals surface area contributed by atoms with Crippen LogP contribution in [0.2, 0.25) is 0 Å². The smallest absolute Gasteiger partial charge is 0.475 e. The molecule has 0 aliphatic heterocycles. The molecule has 14 nitrogen and oxygen atoms in total. The number of anilines is 2. The summed E-state index contributed by atoms with van der Waals surface area (Å²) >= 11 is 0. The SMILES string of the molecule is NCc1cccc(-n2cccc(C(=O)Nc3ccc(-c4cn([C@H]5C[C@@H](CO)C5)c5ncnc(N)c45)cc3)c2=O)c1.O=C(O)C(F)(F)F.O=C(O)C(F)(F)F. The Morgan fingerprint density at radius 3 is 2.07 bits per heavy atom. The standard InChI is InChI=1S/C30H29N7O3.2C2HF3O2/c31-14-18-3-1-4-22(11-18)36-10-2-5-24(30(36)40)29(39)35-21-8-6-20(7-9-21)25-15-37(23-12-19(13-23)16-38)28-26(25)27(32)33-17-34-28;2*3-2(4,5)1(6)7/h1-11,15,17,19,23,38H,12-14,16,31H2,(H,35,39)(H2,32,33,34);2*(H,6,7)/t19-,23+;;. The Labute approximate surface area is 300 Å². The predicted octanol–water partition coefficient (Wildman–Crippen LogP) is 4.75. The average molecular weight is 764 g/mol. The maximum atomic E-state index is 13.2. The van der Waals surface area contributed by atoms with E-state index in [0.29, 0.717) is 29.7 Å². The Kier molecular flexibility index (Phi) is 12.4. The molecule has 0 unspecified atom stereocenters. The molecule has 0 radical (unpaired) electrons. The quantitative estimate of drug-likeness (QED) is 0.124. The molecule has 1 aliphatic carbocycles. The molecule has 3 aromatic heterocycles. The van der Waals surface area contributed by atoms with Gasteiger partial charge in [-0.05, 0) is 66.3 Å². The highest BCUT2D eigenvalue weighted by Crippen LogP contribution is 2.42. The fraction of sp³-hybridized carbons (Fsp3) is 0.235. The number of carboxylic acids is 2. The van der Waals surface area contributed by atoms with Gasteiger partial charge in [-0.1, -0.05) is 24.3 Å². The average Bonchev–Trinajstić information content (AvgIpc) is 3.48. The molecule has 0 saturated heterocycles. The van der Waals surface area contributed by atoms with Crippen LogP contribution in [0.5, 0.6) is 0 Å². The number of halogens is 6. The van der Waals surface area contributed by atoms with E-state index in [2.05, 4.69) is 19.9 Å². The van der Waals surface area contributed by atoms with Gasteiger partial charge in [0.05, 0.1) is 5.39 Å². The van der Waals surface area contributed by atoms with Crippen molar-refractivity contribution >= 4 is 40.4 Å². The van der Waals surface area contributed by atoms with Crippen LogP contribution < -0.4 is 22.3 Å². The highest BCUT2D eigenvalue weighted by molar-refractivity contribution is 6.04. The van der Waals surface area contributed by atoms with Crippen LogP contribution in [0.1, 0.15) is 34.8 Å². The van der Waals surface area contributed by atoms with Crippen molar-refractivity contribution in [1.82, 2.24) is 19.1 Å². The maximum absolute atomic E-state index is 13.2. The van der Waals surface area contributed by atoms with E-state index in [1.165, 1.54) is 17.0 Å². The zero-order chi connectivity index (χ0) is 40.0. The van der Waals surface area contributed by atoms with Gasteiger partial charge in [0.25, 0.3) is 11.5 Å². The van der Waals surface area contributed by atoms with Crippen LogP contribution in [-0.2, 0) is 16.1 Å². The van der Waals surface area contributed by atoms with E-state index in [9.17, 15) is 41.0 Å². The van der Waals surface area contributed by atoms with E-state index in [0.717, 1.165) is 40.6 Å². The number of nitrogens with zero attached hydrogens (tertiary/aromatic N) is 4. The molecule has 3 heterocycles. The van der Waals surface area contributed by atoms with Gasteiger partial charge >= 0.3 is 24.3 Å².